The van der Waals surface area contributed by atoms with Crippen LogP contribution in [-0.2, 0) is 6.42 Å². The van der Waals surface area contributed by atoms with Gasteiger partial charge in [0.25, 0.3) is 5.95 Å². The maximum atomic E-state index is 15.5. The molecular formula is C23H21F2N7O3. The molecule has 0 aliphatic rings. The molecule has 4 rings (SSSR count). The number of nitrogen functional groups attached to an aromatic ring is 1. The maximum absolute atomic E-state index is 15.5. The maximum Gasteiger partial charge on any atom is 0.350 e. The smallest absolute Gasteiger partial charge is 0.350 e. The molecule has 2 heterocycles. The summed E-state index contributed by atoms with van der Waals surface area (Å²) >= 11 is 0. The van der Waals surface area contributed by atoms with Gasteiger partial charge in [0.15, 0.2) is 11.6 Å². The number of nitrogens with two attached hydrogens (primary N) is 1. The van der Waals surface area contributed by atoms with E-state index in [1.165, 1.54) is 31.6 Å². The Balaban J connectivity index is 1.85. The topological polar surface area (TPSA) is 145 Å². The number of methoxy groups -OCH3 is 1. The van der Waals surface area contributed by atoms with E-state index in [2.05, 4.69) is 20.1 Å². The van der Waals surface area contributed by atoms with E-state index < -0.39 is 24.3 Å². The molecule has 0 bridgehead atoms. The second-order valence-corrected chi connectivity index (χ2v) is 7.43. The highest BCUT2D eigenvalue weighted by atomic mass is 19.1. The molecule has 0 radical (unpaired) electrons. The second-order valence-electron chi connectivity index (χ2n) is 7.43. The van der Waals surface area contributed by atoms with Gasteiger partial charge < -0.3 is 15.2 Å². The Hall–Kier alpha value is -4.61. The van der Waals surface area contributed by atoms with Gasteiger partial charge in [0.1, 0.15) is 17.4 Å². The third-order valence-corrected chi connectivity index (χ3v) is 5.27. The zero-order valence-electron chi connectivity index (χ0n) is 18.5. The number of benzene rings is 2. The van der Waals surface area contributed by atoms with E-state index in [0.717, 1.165) is 10.2 Å². The van der Waals surface area contributed by atoms with E-state index in [1.807, 2.05) is 0 Å². The molecule has 10 nitrogen and oxygen atoms in total. The highest BCUT2D eigenvalue weighted by molar-refractivity contribution is 5.94. The van der Waals surface area contributed by atoms with Crippen molar-refractivity contribution < 1.29 is 18.3 Å². The lowest BCUT2D eigenvalue weighted by Gasteiger charge is -2.19. The molecule has 1 unspecified atom stereocenters. The lowest BCUT2D eigenvalue weighted by molar-refractivity contribution is 0.183. The fraction of sp³-hybridized carbons (Fsp3) is 0.174. The number of hydrogen-bond donors (Lipinski definition) is 3. The van der Waals surface area contributed by atoms with Crippen molar-refractivity contribution >= 4 is 5.84 Å². The van der Waals surface area contributed by atoms with E-state index in [4.69, 9.17) is 20.6 Å². The van der Waals surface area contributed by atoms with Gasteiger partial charge in [-0.3, -0.25) is 10.4 Å². The van der Waals surface area contributed by atoms with Crippen LogP contribution in [0, 0.1) is 11.2 Å². The Bertz CT molecular complexity index is 1390. The molecule has 0 fully saturated rings. The number of rotatable bonds is 9. The highest BCUT2D eigenvalue weighted by Crippen LogP contribution is 2.36. The summed E-state index contributed by atoms with van der Waals surface area (Å²) in [7, 11) is 1.38. The molecule has 1 atom stereocenters. The molecule has 12 heteroatoms. The molecule has 4 N–H and O–H groups in total. The van der Waals surface area contributed by atoms with Gasteiger partial charge in [-0.05, 0) is 24.1 Å². The number of aromatic nitrogens is 5. The average molecular weight is 481 g/mol. The first-order valence-corrected chi connectivity index (χ1v) is 10.4. The molecule has 0 saturated carbocycles. The molecule has 0 aliphatic carbocycles. The summed E-state index contributed by atoms with van der Waals surface area (Å²) in [5.74, 6) is -1.70. The van der Waals surface area contributed by atoms with Gasteiger partial charge in [-0.2, -0.15) is 0 Å². The van der Waals surface area contributed by atoms with Gasteiger partial charge >= 0.3 is 5.69 Å². The van der Waals surface area contributed by atoms with Crippen LogP contribution >= 0.6 is 0 Å². The summed E-state index contributed by atoms with van der Waals surface area (Å²) in [6.45, 7) is -1.24. The molecule has 0 spiro atoms. The number of halogens is 2. The number of aromatic amines is 1. The molecule has 4 aromatic rings. The van der Waals surface area contributed by atoms with Gasteiger partial charge in [-0.15, -0.1) is 9.78 Å². The van der Waals surface area contributed by atoms with Gasteiger partial charge in [-0.1, -0.05) is 24.3 Å². The number of nitrogens with zero attached hydrogens (tertiary/aromatic N) is 4. The first-order chi connectivity index (χ1) is 16.9. The summed E-state index contributed by atoms with van der Waals surface area (Å²) in [5.41, 5.74) is 6.24. The molecule has 2 aromatic carbocycles. The first-order valence-electron chi connectivity index (χ1n) is 10.4. The van der Waals surface area contributed by atoms with Crippen molar-refractivity contribution in [3.63, 3.8) is 0 Å². The summed E-state index contributed by atoms with van der Waals surface area (Å²) in [6, 6.07) is 11.0. The fourth-order valence-electron chi connectivity index (χ4n) is 3.57. The molecule has 180 valence electrons. The summed E-state index contributed by atoms with van der Waals surface area (Å²) in [6.07, 6.45) is 3.10. The normalized spacial score (nSPS) is 11.7. The largest absolute Gasteiger partial charge is 0.497 e. The van der Waals surface area contributed by atoms with Crippen LogP contribution in [0.5, 0.6) is 11.5 Å². The van der Waals surface area contributed by atoms with Crippen molar-refractivity contribution in [1.29, 1.82) is 5.41 Å². The van der Waals surface area contributed by atoms with Crippen molar-refractivity contribution in [1.82, 2.24) is 24.7 Å². The van der Waals surface area contributed by atoms with Gasteiger partial charge in [0.05, 0.1) is 13.0 Å². The lowest BCUT2D eigenvalue weighted by Crippen LogP contribution is -2.18. The second kappa shape index (κ2) is 10.1. The highest BCUT2D eigenvalue weighted by Gasteiger charge is 2.27. The van der Waals surface area contributed by atoms with E-state index in [9.17, 15) is 9.18 Å². The van der Waals surface area contributed by atoms with Crippen LogP contribution in [-0.4, -0.2) is 44.5 Å². The van der Waals surface area contributed by atoms with E-state index in [0.29, 0.717) is 5.56 Å². The third-order valence-electron chi connectivity index (χ3n) is 5.27. The summed E-state index contributed by atoms with van der Waals surface area (Å²) in [5, 5.41) is 11.9. The standard InChI is InChI=1S/C23H21F2N7O3/c1-34-15-10-16(19(25)18(11-15)35-12-24)17(9-13-3-5-14(6-4-13)20(26)27)21-30-23(33)32(31-21)22-28-7-2-8-29-22/h2-8,10-11,17H,9,12H2,1H3,(H3,26,27)(H,30,31,33). The van der Waals surface area contributed by atoms with Crippen LogP contribution in [0.4, 0.5) is 8.78 Å². The number of H-pyrrole nitrogens is 1. The van der Waals surface area contributed by atoms with Crippen LogP contribution in [0.15, 0.2) is 59.7 Å². The summed E-state index contributed by atoms with van der Waals surface area (Å²) in [4.78, 5) is 23.4. The minimum absolute atomic E-state index is 0.0390. The predicted molar refractivity (Wildman–Crippen MR) is 122 cm³/mol. The average Bonchev–Trinajstić information content (AvgIpc) is 3.26. The molecule has 2 aromatic heterocycles. The number of amidine groups is 1. The Labute approximate surface area is 197 Å². The van der Waals surface area contributed by atoms with Crippen LogP contribution in [0.3, 0.4) is 0 Å². The van der Waals surface area contributed by atoms with Crippen molar-refractivity contribution in [3.8, 4) is 17.4 Å². The van der Waals surface area contributed by atoms with Gasteiger partial charge in [-0.25, -0.2) is 23.5 Å². The van der Waals surface area contributed by atoms with Crippen LogP contribution < -0.4 is 20.9 Å². The van der Waals surface area contributed by atoms with Crippen LogP contribution in [0.25, 0.3) is 5.95 Å². The predicted octanol–water partition coefficient (Wildman–Crippen LogP) is 2.46. The Morgan fingerprint density at radius 2 is 1.94 bits per heavy atom. The zero-order valence-corrected chi connectivity index (χ0v) is 18.5. The minimum Gasteiger partial charge on any atom is -0.497 e. The first kappa shape index (κ1) is 23.5. The molecule has 35 heavy (non-hydrogen) atoms. The van der Waals surface area contributed by atoms with Gasteiger partial charge in [0, 0.05) is 29.6 Å². The number of alkyl halides is 1. The Morgan fingerprint density at radius 3 is 2.57 bits per heavy atom. The monoisotopic (exact) mass is 481 g/mol. The fourth-order valence-corrected chi connectivity index (χ4v) is 3.57. The number of ether oxygens (including phenoxy) is 2. The van der Waals surface area contributed by atoms with E-state index in [-0.39, 0.29) is 41.1 Å². The quantitative estimate of drug-likeness (QED) is 0.246. The SMILES string of the molecule is COc1cc(OCF)c(F)c(C(Cc2ccc(C(=N)N)cc2)c2nn(-c3ncccn3)c(=O)[nH]2)c1. The third kappa shape index (κ3) is 5.00. The summed E-state index contributed by atoms with van der Waals surface area (Å²) < 4.78 is 39.4. The van der Waals surface area contributed by atoms with Crippen LogP contribution in [0.2, 0.25) is 0 Å². The number of hydrogen-bond acceptors (Lipinski definition) is 7. The molecular weight excluding hydrogens is 460 g/mol. The lowest BCUT2D eigenvalue weighted by atomic mass is 9.90. The minimum atomic E-state index is -1.24. The Kier molecular flexibility index (Phi) is 6.81. The molecule has 0 saturated heterocycles. The molecule has 0 aliphatic heterocycles. The van der Waals surface area contributed by atoms with E-state index >= 15 is 4.39 Å². The number of nitrogens with one attached hydrogen (secondary N) is 2. The van der Waals surface area contributed by atoms with Gasteiger partial charge in [0.2, 0.25) is 6.86 Å². The van der Waals surface area contributed by atoms with Crippen molar-refractivity contribution in [2.45, 2.75) is 12.3 Å². The van der Waals surface area contributed by atoms with E-state index in [1.54, 1.807) is 30.3 Å². The molecule has 0 amide bonds. The van der Waals surface area contributed by atoms with Crippen molar-refractivity contribution in [2.24, 2.45) is 5.73 Å². The van der Waals surface area contributed by atoms with Crippen LogP contribution in [0.1, 0.15) is 28.4 Å². The zero-order chi connectivity index (χ0) is 24.9. The van der Waals surface area contributed by atoms with Crippen molar-refractivity contribution in [2.75, 3.05) is 14.0 Å². The van der Waals surface area contributed by atoms with Crippen molar-refractivity contribution in [3.05, 3.63) is 93.7 Å². The Morgan fingerprint density at radius 1 is 1.23 bits per heavy atom.